The van der Waals surface area contributed by atoms with Crippen LogP contribution in [0.2, 0.25) is 0 Å². The highest BCUT2D eigenvalue weighted by Crippen LogP contribution is 2.13. The first kappa shape index (κ1) is 19.0. The molecule has 0 aliphatic carbocycles. The maximum Gasteiger partial charge on any atom is 0.354 e. The van der Waals surface area contributed by atoms with Crippen LogP contribution in [0.3, 0.4) is 0 Å². The van der Waals surface area contributed by atoms with Crippen molar-refractivity contribution in [3.63, 3.8) is 0 Å². The first-order valence-electron chi connectivity index (χ1n) is 8.62. The van der Waals surface area contributed by atoms with Crippen LogP contribution in [0.25, 0.3) is 11.8 Å². The number of carbonyl (C=O) groups excluding carboxylic acids is 2. The highest BCUT2D eigenvalue weighted by atomic mass is 16.5. The van der Waals surface area contributed by atoms with E-state index in [0.29, 0.717) is 5.56 Å². The van der Waals surface area contributed by atoms with Crippen molar-refractivity contribution in [2.45, 2.75) is 13.8 Å². The zero-order valence-corrected chi connectivity index (χ0v) is 15.8. The van der Waals surface area contributed by atoms with Crippen molar-refractivity contribution in [2.24, 2.45) is 0 Å². The molecule has 1 N–H and O–H groups in total. The summed E-state index contributed by atoms with van der Waals surface area (Å²) in [6.07, 6.45) is 4.89. The van der Waals surface area contributed by atoms with Gasteiger partial charge in [-0.3, -0.25) is 4.79 Å². The van der Waals surface area contributed by atoms with Crippen molar-refractivity contribution in [3.8, 4) is 5.69 Å². The molecule has 3 aromatic rings. The van der Waals surface area contributed by atoms with Crippen molar-refractivity contribution >= 4 is 18.0 Å². The van der Waals surface area contributed by atoms with Gasteiger partial charge in [0, 0.05) is 5.56 Å². The highest BCUT2D eigenvalue weighted by Gasteiger charge is 2.15. The third-order valence-corrected chi connectivity index (χ3v) is 4.03. The van der Waals surface area contributed by atoms with Gasteiger partial charge in [-0.15, -0.1) is 5.10 Å². The van der Waals surface area contributed by atoms with Crippen LogP contribution in [0.1, 0.15) is 27.0 Å². The zero-order chi connectivity index (χ0) is 20.1. The molecule has 0 unspecified atom stereocenters. The number of amides is 1. The summed E-state index contributed by atoms with van der Waals surface area (Å²) in [5.74, 6) is -0.999. The van der Waals surface area contributed by atoms with Crippen molar-refractivity contribution in [1.82, 2.24) is 20.3 Å². The minimum Gasteiger partial charge on any atom is -0.464 e. The molecular weight excluding hydrogens is 356 g/mol. The molecule has 3 rings (SSSR count). The molecule has 0 aliphatic heterocycles. The van der Waals surface area contributed by atoms with Crippen LogP contribution in [0.5, 0.6) is 0 Å². The Morgan fingerprint density at radius 3 is 2.32 bits per heavy atom. The average molecular weight is 376 g/mol. The number of nitrogens with zero attached hydrogens (tertiary/aromatic N) is 3. The maximum absolute atomic E-state index is 12.6. The molecular formula is C21H20N4O3. The van der Waals surface area contributed by atoms with E-state index < -0.39 is 5.97 Å². The van der Waals surface area contributed by atoms with Crippen LogP contribution in [-0.2, 0) is 9.53 Å². The van der Waals surface area contributed by atoms with Gasteiger partial charge in [0.1, 0.15) is 5.70 Å². The Morgan fingerprint density at radius 1 is 1.07 bits per heavy atom. The standard InChI is InChI=1S/C21H20N4O3/c1-14-10-15(2)12-17(11-14)20(26)23-19(21(27)28-3)13-16-4-6-18(7-5-16)25-9-8-22-24-25/h4-13H,1-3H3,(H,23,26). The molecule has 0 radical (unpaired) electrons. The van der Waals surface area contributed by atoms with Crippen molar-refractivity contribution in [1.29, 1.82) is 0 Å². The molecule has 1 aromatic heterocycles. The molecule has 0 saturated carbocycles. The number of hydrogen-bond acceptors (Lipinski definition) is 5. The molecule has 28 heavy (non-hydrogen) atoms. The lowest BCUT2D eigenvalue weighted by atomic mass is 10.1. The third kappa shape index (κ3) is 4.50. The molecule has 0 saturated heterocycles. The quantitative estimate of drug-likeness (QED) is 0.547. The first-order valence-corrected chi connectivity index (χ1v) is 8.62. The number of aromatic nitrogens is 3. The molecule has 1 heterocycles. The number of nitrogens with one attached hydrogen (secondary N) is 1. The zero-order valence-electron chi connectivity index (χ0n) is 15.8. The van der Waals surface area contributed by atoms with Crippen molar-refractivity contribution in [2.75, 3.05) is 7.11 Å². The Bertz CT molecular complexity index is 1000. The van der Waals surface area contributed by atoms with Gasteiger partial charge in [0.2, 0.25) is 0 Å². The fourth-order valence-electron chi connectivity index (χ4n) is 2.79. The van der Waals surface area contributed by atoms with Gasteiger partial charge in [-0.2, -0.15) is 0 Å². The molecule has 0 bridgehead atoms. The largest absolute Gasteiger partial charge is 0.464 e. The van der Waals surface area contributed by atoms with E-state index in [9.17, 15) is 9.59 Å². The van der Waals surface area contributed by atoms with E-state index in [1.807, 2.05) is 44.2 Å². The Labute approximate surface area is 162 Å². The summed E-state index contributed by atoms with van der Waals surface area (Å²) in [4.78, 5) is 24.7. The molecule has 7 heteroatoms. The Hall–Kier alpha value is -3.74. The second-order valence-corrected chi connectivity index (χ2v) is 6.32. The van der Waals surface area contributed by atoms with E-state index in [2.05, 4.69) is 15.6 Å². The average Bonchev–Trinajstić information content (AvgIpc) is 3.21. The van der Waals surface area contributed by atoms with E-state index in [1.54, 1.807) is 35.3 Å². The van der Waals surface area contributed by atoms with Gasteiger partial charge in [-0.05, 0) is 49.8 Å². The van der Waals surface area contributed by atoms with E-state index in [4.69, 9.17) is 4.74 Å². The van der Waals surface area contributed by atoms with Crippen molar-refractivity contribution in [3.05, 3.63) is 82.8 Å². The number of esters is 1. The second-order valence-electron chi connectivity index (χ2n) is 6.32. The molecule has 0 aliphatic rings. The molecule has 0 atom stereocenters. The summed E-state index contributed by atoms with van der Waals surface area (Å²) < 4.78 is 6.43. The van der Waals surface area contributed by atoms with Gasteiger partial charge in [-0.1, -0.05) is 34.5 Å². The first-order chi connectivity index (χ1) is 13.5. The van der Waals surface area contributed by atoms with Crippen LogP contribution in [0.15, 0.2) is 60.6 Å². The number of hydrogen-bond donors (Lipinski definition) is 1. The molecule has 0 fully saturated rings. The van der Waals surface area contributed by atoms with Crippen LogP contribution in [-0.4, -0.2) is 34.0 Å². The monoisotopic (exact) mass is 376 g/mol. The lowest BCUT2D eigenvalue weighted by Crippen LogP contribution is -2.28. The molecule has 0 spiro atoms. The summed E-state index contributed by atoms with van der Waals surface area (Å²) in [6, 6.07) is 12.8. The summed E-state index contributed by atoms with van der Waals surface area (Å²) in [5, 5.41) is 10.3. The maximum atomic E-state index is 12.6. The SMILES string of the molecule is COC(=O)C(=Cc1ccc(-n2ccnn2)cc1)NC(=O)c1cc(C)cc(C)c1. The predicted molar refractivity (Wildman–Crippen MR) is 105 cm³/mol. The smallest absolute Gasteiger partial charge is 0.354 e. The van der Waals surface area contributed by atoms with Crippen LogP contribution >= 0.6 is 0 Å². The van der Waals surface area contributed by atoms with E-state index in [-0.39, 0.29) is 11.6 Å². The predicted octanol–water partition coefficient (Wildman–Crippen LogP) is 2.83. The summed E-state index contributed by atoms with van der Waals surface area (Å²) in [7, 11) is 1.27. The molecule has 7 nitrogen and oxygen atoms in total. The minimum absolute atomic E-state index is 0.0557. The third-order valence-electron chi connectivity index (χ3n) is 4.03. The normalized spacial score (nSPS) is 11.2. The number of aryl methyl sites for hydroxylation is 2. The Morgan fingerprint density at radius 2 is 1.75 bits per heavy atom. The summed E-state index contributed by atoms with van der Waals surface area (Å²) in [5.41, 5.74) is 4.03. The van der Waals surface area contributed by atoms with Crippen LogP contribution in [0.4, 0.5) is 0 Å². The molecule has 2 aromatic carbocycles. The van der Waals surface area contributed by atoms with E-state index >= 15 is 0 Å². The number of rotatable bonds is 5. The lowest BCUT2D eigenvalue weighted by Gasteiger charge is -2.10. The number of carbonyl (C=O) groups is 2. The second kappa shape index (κ2) is 8.30. The Kier molecular flexibility index (Phi) is 5.64. The van der Waals surface area contributed by atoms with E-state index in [1.165, 1.54) is 7.11 Å². The summed E-state index contributed by atoms with van der Waals surface area (Å²) >= 11 is 0. The summed E-state index contributed by atoms with van der Waals surface area (Å²) in [6.45, 7) is 3.83. The van der Waals surface area contributed by atoms with Gasteiger partial charge in [0.15, 0.2) is 0 Å². The number of ether oxygens (including phenoxy) is 1. The van der Waals surface area contributed by atoms with Crippen LogP contribution < -0.4 is 5.32 Å². The van der Waals surface area contributed by atoms with E-state index in [0.717, 1.165) is 22.4 Å². The Balaban J connectivity index is 1.85. The number of methoxy groups -OCH3 is 1. The fourth-order valence-corrected chi connectivity index (χ4v) is 2.79. The lowest BCUT2D eigenvalue weighted by molar-refractivity contribution is -0.136. The van der Waals surface area contributed by atoms with Crippen molar-refractivity contribution < 1.29 is 14.3 Å². The van der Waals surface area contributed by atoms with Gasteiger partial charge in [0.25, 0.3) is 5.91 Å². The highest BCUT2D eigenvalue weighted by molar-refractivity contribution is 6.03. The van der Waals surface area contributed by atoms with Gasteiger partial charge < -0.3 is 10.1 Å². The topological polar surface area (TPSA) is 86.1 Å². The van der Waals surface area contributed by atoms with Gasteiger partial charge in [-0.25, -0.2) is 9.48 Å². The number of benzene rings is 2. The molecule has 1 amide bonds. The molecule has 142 valence electrons. The van der Waals surface area contributed by atoms with Crippen LogP contribution in [0, 0.1) is 13.8 Å². The van der Waals surface area contributed by atoms with Gasteiger partial charge in [0.05, 0.1) is 25.2 Å². The minimum atomic E-state index is -0.627. The van der Waals surface area contributed by atoms with Gasteiger partial charge >= 0.3 is 5.97 Å². The fraction of sp³-hybridized carbons (Fsp3) is 0.143.